The van der Waals surface area contributed by atoms with Crippen molar-refractivity contribution in [1.29, 1.82) is 0 Å². The molecule has 0 spiro atoms. The van der Waals surface area contributed by atoms with Gasteiger partial charge in [-0.2, -0.15) is 0 Å². The van der Waals surface area contributed by atoms with Gasteiger partial charge in [-0.1, -0.05) is 60.2 Å². The highest BCUT2D eigenvalue weighted by Crippen LogP contribution is 2.46. The van der Waals surface area contributed by atoms with Crippen LogP contribution in [-0.2, 0) is 9.53 Å². The van der Waals surface area contributed by atoms with Crippen molar-refractivity contribution in [2.45, 2.75) is 19.8 Å². The molecule has 1 atom stereocenters. The minimum Gasteiger partial charge on any atom is -0.462 e. The van der Waals surface area contributed by atoms with Crippen LogP contribution in [0.1, 0.15) is 29.5 Å². The molecule has 0 saturated carbocycles. The zero-order valence-corrected chi connectivity index (χ0v) is 15.4. The van der Waals surface area contributed by atoms with Gasteiger partial charge in [-0.15, -0.1) is 0 Å². The predicted octanol–water partition coefficient (Wildman–Crippen LogP) is 4.41. The second-order valence-electron chi connectivity index (χ2n) is 6.64. The van der Waals surface area contributed by atoms with Crippen LogP contribution in [0.3, 0.4) is 0 Å². The Kier molecular flexibility index (Phi) is 4.32. The molecule has 0 saturated heterocycles. The number of carbonyl (C=O) groups is 1. The van der Waals surface area contributed by atoms with E-state index in [9.17, 15) is 4.79 Å². The quantitative estimate of drug-likeness (QED) is 0.704. The van der Waals surface area contributed by atoms with Gasteiger partial charge in [0.2, 0.25) is 5.88 Å². The first-order valence-corrected chi connectivity index (χ1v) is 9.03. The van der Waals surface area contributed by atoms with E-state index in [-0.39, 0.29) is 18.4 Å². The minimum absolute atomic E-state index is 0.0989. The Balaban J connectivity index is 2.01. The van der Waals surface area contributed by atoms with Crippen LogP contribution in [0.5, 0.6) is 5.75 Å². The van der Waals surface area contributed by atoms with E-state index in [4.69, 9.17) is 15.2 Å². The number of aryl methyl sites for hydroxylation is 1. The Bertz CT molecular complexity index is 1050. The Morgan fingerprint density at radius 1 is 1.07 bits per heavy atom. The summed E-state index contributed by atoms with van der Waals surface area (Å²) in [6.45, 7) is 4.09. The molecule has 0 aromatic heterocycles. The number of ether oxygens (including phenoxy) is 2. The summed E-state index contributed by atoms with van der Waals surface area (Å²) in [5.74, 6) is -0.0229. The number of benzene rings is 3. The van der Waals surface area contributed by atoms with Gasteiger partial charge in [0.15, 0.2) is 0 Å². The third-order valence-corrected chi connectivity index (χ3v) is 4.90. The molecule has 0 fully saturated rings. The smallest absolute Gasteiger partial charge is 0.340 e. The second kappa shape index (κ2) is 6.80. The molecule has 1 heterocycles. The molecule has 3 aromatic rings. The molecule has 136 valence electrons. The topological polar surface area (TPSA) is 61.5 Å². The molecule has 0 bridgehead atoms. The molecule has 4 rings (SSSR count). The van der Waals surface area contributed by atoms with Crippen LogP contribution < -0.4 is 10.5 Å². The van der Waals surface area contributed by atoms with E-state index in [0.29, 0.717) is 11.3 Å². The number of esters is 1. The minimum atomic E-state index is -0.445. The van der Waals surface area contributed by atoms with E-state index in [1.165, 1.54) is 0 Å². The zero-order chi connectivity index (χ0) is 19.0. The van der Waals surface area contributed by atoms with Gasteiger partial charge in [-0.05, 0) is 36.2 Å². The average Bonchev–Trinajstić information content (AvgIpc) is 2.67. The van der Waals surface area contributed by atoms with Crippen LogP contribution in [0.15, 0.2) is 72.1 Å². The van der Waals surface area contributed by atoms with Gasteiger partial charge in [-0.3, -0.25) is 0 Å². The third-order valence-electron chi connectivity index (χ3n) is 4.90. The molecule has 3 aromatic carbocycles. The van der Waals surface area contributed by atoms with Gasteiger partial charge in [-0.25, -0.2) is 4.79 Å². The molecule has 0 unspecified atom stereocenters. The number of fused-ring (bicyclic) bond motifs is 3. The maximum absolute atomic E-state index is 12.8. The molecule has 1 aliphatic heterocycles. The molecule has 1 aliphatic rings. The van der Waals surface area contributed by atoms with Crippen molar-refractivity contribution in [2.24, 2.45) is 5.73 Å². The lowest BCUT2D eigenvalue weighted by Crippen LogP contribution is -2.27. The highest BCUT2D eigenvalue weighted by atomic mass is 16.5. The Hall–Kier alpha value is -3.27. The summed E-state index contributed by atoms with van der Waals surface area (Å²) < 4.78 is 11.1. The fourth-order valence-electron chi connectivity index (χ4n) is 3.64. The molecule has 0 amide bonds. The standard InChI is InChI=1S/C23H21NO3/c1-3-26-23(25)21-19(16-10-8-14(2)9-11-16)20-17-7-5-4-6-15(17)12-13-18(20)27-22(21)24/h4-13,19H,3,24H2,1-2H3/t19-/m1/s1. The maximum Gasteiger partial charge on any atom is 0.340 e. The summed E-state index contributed by atoms with van der Waals surface area (Å²) in [5, 5.41) is 2.12. The van der Waals surface area contributed by atoms with E-state index in [2.05, 4.69) is 0 Å². The first-order chi connectivity index (χ1) is 13.1. The summed E-state index contributed by atoms with van der Waals surface area (Å²) in [7, 11) is 0. The van der Waals surface area contributed by atoms with Crippen molar-refractivity contribution >= 4 is 16.7 Å². The zero-order valence-electron chi connectivity index (χ0n) is 15.4. The summed E-state index contributed by atoms with van der Waals surface area (Å²) >= 11 is 0. The van der Waals surface area contributed by atoms with Gasteiger partial charge in [0.05, 0.1) is 12.5 Å². The fourth-order valence-corrected chi connectivity index (χ4v) is 3.64. The Morgan fingerprint density at radius 2 is 1.81 bits per heavy atom. The Labute approximate surface area is 158 Å². The summed E-state index contributed by atoms with van der Waals surface area (Å²) in [4.78, 5) is 12.8. The number of rotatable bonds is 3. The van der Waals surface area contributed by atoms with Crippen molar-refractivity contribution in [3.63, 3.8) is 0 Å². The van der Waals surface area contributed by atoms with Crippen LogP contribution >= 0.6 is 0 Å². The number of nitrogens with two attached hydrogens (primary N) is 1. The second-order valence-corrected chi connectivity index (χ2v) is 6.64. The summed E-state index contributed by atoms with van der Waals surface area (Å²) in [5.41, 5.74) is 9.60. The number of carbonyl (C=O) groups excluding carboxylic acids is 1. The molecule has 2 N–H and O–H groups in total. The SMILES string of the molecule is CCOC(=O)C1=C(N)Oc2ccc3ccccc3c2[C@H]1c1ccc(C)cc1. The lowest BCUT2D eigenvalue weighted by Gasteiger charge is -2.29. The van der Waals surface area contributed by atoms with Crippen LogP contribution in [0.2, 0.25) is 0 Å². The van der Waals surface area contributed by atoms with Crippen molar-refractivity contribution in [2.75, 3.05) is 6.61 Å². The van der Waals surface area contributed by atoms with Crippen LogP contribution in [0.4, 0.5) is 0 Å². The molecule has 0 radical (unpaired) electrons. The average molecular weight is 359 g/mol. The van der Waals surface area contributed by atoms with Gasteiger partial charge in [0.1, 0.15) is 11.3 Å². The highest BCUT2D eigenvalue weighted by molar-refractivity contribution is 5.97. The van der Waals surface area contributed by atoms with Gasteiger partial charge in [0.25, 0.3) is 0 Å². The van der Waals surface area contributed by atoms with Crippen LogP contribution in [0.25, 0.3) is 10.8 Å². The van der Waals surface area contributed by atoms with Crippen LogP contribution in [0, 0.1) is 6.92 Å². The normalized spacial score (nSPS) is 16.0. The van der Waals surface area contributed by atoms with E-state index in [1.54, 1.807) is 6.92 Å². The molecular formula is C23H21NO3. The van der Waals surface area contributed by atoms with Gasteiger partial charge in [0, 0.05) is 5.56 Å². The molecule has 4 heteroatoms. The lowest BCUT2D eigenvalue weighted by molar-refractivity contribution is -0.139. The van der Waals surface area contributed by atoms with E-state index in [0.717, 1.165) is 27.5 Å². The first kappa shape index (κ1) is 17.2. The largest absolute Gasteiger partial charge is 0.462 e. The number of hydrogen-bond acceptors (Lipinski definition) is 4. The highest BCUT2D eigenvalue weighted by Gasteiger charge is 2.36. The van der Waals surface area contributed by atoms with Crippen molar-refractivity contribution in [3.05, 3.63) is 88.8 Å². The maximum atomic E-state index is 12.8. The van der Waals surface area contributed by atoms with E-state index < -0.39 is 5.97 Å². The first-order valence-electron chi connectivity index (χ1n) is 9.03. The molecule has 4 nitrogen and oxygen atoms in total. The third kappa shape index (κ3) is 2.93. The van der Waals surface area contributed by atoms with Gasteiger partial charge < -0.3 is 15.2 Å². The van der Waals surface area contributed by atoms with Crippen molar-refractivity contribution < 1.29 is 14.3 Å². The summed E-state index contributed by atoms with van der Waals surface area (Å²) in [6.07, 6.45) is 0. The summed E-state index contributed by atoms with van der Waals surface area (Å²) in [6, 6.07) is 20.1. The predicted molar refractivity (Wildman–Crippen MR) is 105 cm³/mol. The van der Waals surface area contributed by atoms with Crippen LogP contribution in [-0.4, -0.2) is 12.6 Å². The van der Waals surface area contributed by atoms with Gasteiger partial charge >= 0.3 is 5.97 Å². The molecule has 27 heavy (non-hydrogen) atoms. The molecule has 0 aliphatic carbocycles. The lowest BCUT2D eigenvalue weighted by atomic mass is 9.80. The van der Waals surface area contributed by atoms with E-state index in [1.807, 2.05) is 67.6 Å². The molecular weight excluding hydrogens is 338 g/mol. The van der Waals surface area contributed by atoms with E-state index >= 15 is 0 Å². The monoisotopic (exact) mass is 359 g/mol. The Morgan fingerprint density at radius 3 is 2.56 bits per heavy atom. The van der Waals surface area contributed by atoms with Crippen molar-refractivity contribution in [1.82, 2.24) is 0 Å². The number of hydrogen-bond donors (Lipinski definition) is 1. The van der Waals surface area contributed by atoms with Crippen molar-refractivity contribution in [3.8, 4) is 5.75 Å². The fraction of sp³-hybridized carbons (Fsp3) is 0.174.